The molecular formula is C11H12N4O2S2. The number of rotatable bonds is 4. The minimum Gasteiger partial charge on any atom is -0.478 e. The van der Waals surface area contributed by atoms with Crippen LogP contribution >= 0.6 is 23.1 Å². The highest BCUT2D eigenvalue weighted by Gasteiger charge is 2.12. The van der Waals surface area contributed by atoms with E-state index in [2.05, 4.69) is 15.2 Å². The predicted molar refractivity (Wildman–Crippen MR) is 74.3 cm³/mol. The van der Waals surface area contributed by atoms with Gasteiger partial charge in [0.05, 0.1) is 11.3 Å². The lowest BCUT2D eigenvalue weighted by atomic mass is 10.2. The van der Waals surface area contributed by atoms with Gasteiger partial charge in [0.1, 0.15) is 5.03 Å². The maximum atomic E-state index is 10.9. The summed E-state index contributed by atoms with van der Waals surface area (Å²) in [6.45, 7) is 1.68. The molecular weight excluding hydrogens is 284 g/mol. The van der Waals surface area contributed by atoms with Crippen molar-refractivity contribution in [2.75, 3.05) is 19.0 Å². The molecule has 2 aromatic rings. The van der Waals surface area contributed by atoms with Crippen LogP contribution in [0.4, 0.5) is 5.13 Å². The Morgan fingerprint density at radius 2 is 2.11 bits per heavy atom. The number of aromatic nitrogens is 3. The molecule has 0 saturated carbocycles. The lowest BCUT2D eigenvalue weighted by molar-refractivity contribution is 0.0695. The molecule has 0 amide bonds. The lowest BCUT2D eigenvalue weighted by Crippen LogP contribution is -2.07. The number of anilines is 1. The second kappa shape index (κ2) is 5.54. The maximum Gasteiger partial charge on any atom is 0.337 e. The first-order valence-corrected chi connectivity index (χ1v) is 7.00. The molecule has 0 atom stereocenters. The quantitative estimate of drug-likeness (QED) is 0.926. The van der Waals surface area contributed by atoms with Gasteiger partial charge in [-0.1, -0.05) is 11.3 Å². The first-order valence-electron chi connectivity index (χ1n) is 5.37. The van der Waals surface area contributed by atoms with Crippen molar-refractivity contribution in [3.05, 3.63) is 23.4 Å². The van der Waals surface area contributed by atoms with E-state index < -0.39 is 5.97 Å². The number of nitrogens with zero attached hydrogens (tertiary/aromatic N) is 4. The van der Waals surface area contributed by atoms with Gasteiger partial charge < -0.3 is 10.0 Å². The highest BCUT2D eigenvalue weighted by atomic mass is 32.2. The fourth-order valence-electron chi connectivity index (χ4n) is 1.33. The number of aryl methyl sites for hydroxylation is 1. The minimum atomic E-state index is -0.965. The zero-order valence-electron chi connectivity index (χ0n) is 10.6. The van der Waals surface area contributed by atoms with Gasteiger partial charge in [0.25, 0.3) is 0 Å². The Balaban J connectivity index is 2.19. The fourth-order valence-corrected chi connectivity index (χ4v) is 3.06. The van der Waals surface area contributed by atoms with Crippen LogP contribution in [0.25, 0.3) is 0 Å². The highest BCUT2D eigenvalue weighted by Crippen LogP contribution is 2.31. The molecule has 2 heterocycles. The van der Waals surface area contributed by atoms with E-state index in [1.54, 1.807) is 19.1 Å². The van der Waals surface area contributed by atoms with Crippen LogP contribution in [0, 0.1) is 6.92 Å². The van der Waals surface area contributed by atoms with Gasteiger partial charge in [-0.05, 0) is 30.8 Å². The first kappa shape index (κ1) is 13.8. The van der Waals surface area contributed by atoms with Crippen molar-refractivity contribution in [1.29, 1.82) is 0 Å². The zero-order valence-corrected chi connectivity index (χ0v) is 12.2. The van der Waals surface area contributed by atoms with E-state index in [4.69, 9.17) is 5.11 Å². The van der Waals surface area contributed by atoms with Crippen molar-refractivity contribution in [3.8, 4) is 0 Å². The van der Waals surface area contributed by atoms with Gasteiger partial charge in [0.15, 0.2) is 4.34 Å². The number of carboxylic acid groups (broad SMARTS) is 1. The molecule has 8 heteroatoms. The van der Waals surface area contributed by atoms with Gasteiger partial charge in [0.2, 0.25) is 5.13 Å². The van der Waals surface area contributed by atoms with Crippen LogP contribution in [0.15, 0.2) is 21.5 Å². The lowest BCUT2D eigenvalue weighted by Gasteiger charge is -2.04. The van der Waals surface area contributed by atoms with E-state index in [-0.39, 0.29) is 5.56 Å². The molecule has 0 aromatic carbocycles. The standard InChI is InChI=1S/C11H12N4O2S2/c1-6-7(9(16)17)4-5-8(12-6)18-11-14-13-10(19-11)15(2)3/h4-5H,1-3H3,(H,16,17). The zero-order chi connectivity index (χ0) is 14.0. The number of hydrogen-bond donors (Lipinski definition) is 1. The molecule has 0 saturated heterocycles. The van der Waals surface area contributed by atoms with Crippen molar-refractivity contribution in [1.82, 2.24) is 15.2 Å². The summed E-state index contributed by atoms with van der Waals surface area (Å²) in [4.78, 5) is 17.0. The van der Waals surface area contributed by atoms with Crippen LogP contribution in [0.2, 0.25) is 0 Å². The van der Waals surface area contributed by atoms with Crippen LogP contribution in [0.3, 0.4) is 0 Å². The minimum absolute atomic E-state index is 0.218. The van der Waals surface area contributed by atoms with Gasteiger partial charge in [-0.2, -0.15) is 0 Å². The topological polar surface area (TPSA) is 79.2 Å². The molecule has 0 unspecified atom stereocenters. The number of pyridine rings is 1. The van der Waals surface area contributed by atoms with Crippen molar-refractivity contribution in [2.24, 2.45) is 0 Å². The van der Waals surface area contributed by atoms with E-state index in [9.17, 15) is 4.79 Å². The van der Waals surface area contributed by atoms with E-state index in [1.807, 2.05) is 19.0 Å². The van der Waals surface area contributed by atoms with Crippen LogP contribution in [0.1, 0.15) is 16.1 Å². The van der Waals surface area contributed by atoms with Crippen molar-refractivity contribution in [3.63, 3.8) is 0 Å². The third kappa shape index (κ3) is 3.21. The summed E-state index contributed by atoms with van der Waals surface area (Å²) in [6.07, 6.45) is 0. The second-order valence-electron chi connectivity index (χ2n) is 3.93. The molecule has 0 fully saturated rings. The largest absolute Gasteiger partial charge is 0.478 e. The van der Waals surface area contributed by atoms with E-state index in [0.717, 1.165) is 9.47 Å². The first-order chi connectivity index (χ1) is 8.97. The smallest absolute Gasteiger partial charge is 0.337 e. The molecule has 2 aromatic heterocycles. The number of hydrogen-bond acceptors (Lipinski definition) is 7. The Morgan fingerprint density at radius 3 is 2.63 bits per heavy atom. The summed E-state index contributed by atoms with van der Waals surface area (Å²) in [5.74, 6) is -0.965. The van der Waals surface area contributed by atoms with Gasteiger partial charge in [-0.15, -0.1) is 10.2 Å². The molecule has 6 nitrogen and oxygen atoms in total. The Kier molecular flexibility index (Phi) is 4.01. The van der Waals surface area contributed by atoms with Crippen LogP contribution in [-0.2, 0) is 0 Å². The van der Waals surface area contributed by atoms with Crippen molar-refractivity contribution >= 4 is 34.2 Å². The molecule has 0 aliphatic carbocycles. The Bertz CT molecular complexity index is 612. The SMILES string of the molecule is Cc1nc(Sc2nnc(N(C)C)s2)ccc1C(=O)O. The number of carboxylic acids is 1. The monoisotopic (exact) mass is 296 g/mol. The molecule has 100 valence electrons. The normalized spacial score (nSPS) is 10.5. The molecule has 0 aliphatic rings. The molecule has 19 heavy (non-hydrogen) atoms. The van der Waals surface area contributed by atoms with Gasteiger partial charge in [-0.25, -0.2) is 9.78 Å². The Labute approximate surface area is 118 Å². The molecule has 0 spiro atoms. The van der Waals surface area contributed by atoms with Crippen molar-refractivity contribution in [2.45, 2.75) is 16.3 Å². The third-order valence-corrected chi connectivity index (χ3v) is 4.34. The highest BCUT2D eigenvalue weighted by molar-refractivity contribution is 8.01. The Morgan fingerprint density at radius 1 is 1.37 bits per heavy atom. The van der Waals surface area contributed by atoms with E-state index in [0.29, 0.717) is 10.7 Å². The summed E-state index contributed by atoms with van der Waals surface area (Å²) >= 11 is 2.84. The van der Waals surface area contributed by atoms with Crippen LogP contribution in [-0.4, -0.2) is 40.4 Å². The Hall–Kier alpha value is -1.67. The molecule has 0 aliphatic heterocycles. The number of carbonyl (C=O) groups is 1. The third-order valence-electron chi connectivity index (χ3n) is 2.26. The fraction of sp³-hybridized carbons (Fsp3) is 0.273. The van der Waals surface area contributed by atoms with E-state index >= 15 is 0 Å². The van der Waals surface area contributed by atoms with Gasteiger partial charge in [0, 0.05) is 14.1 Å². The van der Waals surface area contributed by atoms with Gasteiger partial charge in [-0.3, -0.25) is 0 Å². The maximum absolute atomic E-state index is 10.9. The van der Waals surface area contributed by atoms with Crippen molar-refractivity contribution < 1.29 is 9.90 Å². The average molecular weight is 296 g/mol. The predicted octanol–water partition coefficient (Wildman–Crippen LogP) is 2.16. The second-order valence-corrected chi connectivity index (χ2v) is 6.16. The summed E-state index contributed by atoms with van der Waals surface area (Å²) in [5, 5.41) is 18.6. The van der Waals surface area contributed by atoms with Gasteiger partial charge >= 0.3 is 5.97 Å². The molecule has 2 rings (SSSR count). The summed E-state index contributed by atoms with van der Waals surface area (Å²) in [7, 11) is 3.80. The summed E-state index contributed by atoms with van der Waals surface area (Å²) in [6, 6.07) is 3.23. The van der Waals surface area contributed by atoms with E-state index in [1.165, 1.54) is 23.1 Å². The average Bonchev–Trinajstić information content (AvgIpc) is 2.77. The molecule has 0 bridgehead atoms. The summed E-state index contributed by atoms with van der Waals surface area (Å²) < 4.78 is 0.777. The summed E-state index contributed by atoms with van der Waals surface area (Å²) in [5.41, 5.74) is 0.713. The number of aromatic carboxylic acids is 1. The molecule has 1 N–H and O–H groups in total. The van der Waals surface area contributed by atoms with Crippen LogP contribution < -0.4 is 4.90 Å². The molecule has 0 radical (unpaired) electrons. The van der Waals surface area contributed by atoms with Crippen LogP contribution in [0.5, 0.6) is 0 Å².